The first-order valence-electron chi connectivity index (χ1n) is 9.29. The Morgan fingerprint density at radius 2 is 2.12 bits per heavy atom. The molecule has 2 atom stereocenters. The monoisotopic (exact) mass is 381 g/mol. The zero-order valence-corrected chi connectivity index (χ0v) is 15.8. The molecule has 3 rings (SSSR count). The molecule has 1 amide bonds. The number of carbonyl (C=O) groups is 1. The number of thiophene rings is 1. The van der Waals surface area contributed by atoms with Gasteiger partial charge in [-0.3, -0.25) is 4.79 Å². The SMILES string of the molecule is O=C(C1=C[C@H](c2cccs2)C[C@H](OCCOCCO)O1)N1CCCCC1. The summed E-state index contributed by atoms with van der Waals surface area (Å²) in [5, 5.41) is 10.8. The highest BCUT2D eigenvalue weighted by molar-refractivity contribution is 7.10. The third-order valence-electron chi connectivity index (χ3n) is 4.59. The first kappa shape index (κ1) is 19.4. The zero-order chi connectivity index (χ0) is 18.2. The number of allylic oxidation sites excluding steroid dienone is 1. The fourth-order valence-corrected chi connectivity index (χ4v) is 4.08. The summed E-state index contributed by atoms with van der Waals surface area (Å²) in [7, 11) is 0. The highest BCUT2D eigenvalue weighted by Gasteiger charge is 2.31. The van der Waals surface area contributed by atoms with Crippen molar-refractivity contribution in [2.75, 3.05) is 39.5 Å². The van der Waals surface area contributed by atoms with Crippen LogP contribution in [-0.2, 0) is 19.0 Å². The molecule has 0 bridgehead atoms. The molecule has 0 aromatic carbocycles. The normalized spacial score (nSPS) is 23.4. The summed E-state index contributed by atoms with van der Waals surface area (Å²) in [6.07, 6.45) is 5.45. The topological polar surface area (TPSA) is 68.2 Å². The number of carbonyl (C=O) groups excluding carboxylic acids is 1. The fraction of sp³-hybridized carbons (Fsp3) is 0.632. The summed E-state index contributed by atoms with van der Waals surface area (Å²) in [6, 6.07) is 4.11. The molecule has 0 spiro atoms. The van der Waals surface area contributed by atoms with Crippen molar-refractivity contribution in [3.8, 4) is 0 Å². The molecule has 1 fully saturated rings. The predicted octanol–water partition coefficient (Wildman–Crippen LogP) is 2.50. The molecule has 26 heavy (non-hydrogen) atoms. The lowest BCUT2D eigenvalue weighted by Gasteiger charge is -2.32. The highest BCUT2D eigenvalue weighted by Crippen LogP contribution is 2.34. The predicted molar refractivity (Wildman–Crippen MR) is 98.9 cm³/mol. The molecule has 1 N–H and O–H groups in total. The minimum atomic E-state index is -0.464. The minimum Gasteiger partial charge on any atom is -0.459 e. The summed E-state index contributed by atoms with van der Waals surface area (Å²) >= 11 is 1.68. The van der Waals surface area contributed by atoms with Gasteiger partial charge in [0.05, 0.1) is 26.4 Å². The van der Waals surface area contributed by atoms with E-state index in [2.05, 4.69) is 6.07 Å². The van der Waals surface area contributed by atoms with E-state index < -0.39 is 6.29 Å². The van der Waals surface area contributed by atoms with Gasteiger partial charge in [-0.1, -0.05) is 6.07 Å². The molecule has 7 heteroatoms. The van der Waals surface area contributed by atoms with Crippen molar-refractivity contribution in [3.05, 3.63) is 34.2 Å². The van der Waals surface area contributed by atoms with Gasteiger partial charge in [0.25, 0.3) is 5.91 Å². The van der Waals surface area contributed by atoms with Crippen LogP contribution in [-0.4, -0.2) is 61.7 Å². The molecular weight excluding hydrogens is 354 g/mol. The zero-order valence-electron chi connectivity index (χ0n) is 15.0. The Kier molecular flexibility index (Phi) is 7.49. The van der Waals surface area contributed by atoms with Crippen molar-refractivity contribution < 1.29 is 24.1 Å². The van der Waals surface area contributed by atoms with Crippen LogP contribution < -0.4 is 0 Å². The average molecular weight is 381 g/mol. The molecule has 1 aromatic rings. The van der Waals surface area contributed by atoms with E-state index in [9.17, 15) is 4.79 Å². The molecule has 0 saturated carbocycles. The van der Waals surface area contributed by atoms with Crippen molar-refractivity contribution in [1.82, 2.24) is 4.90 Å². The van der Waals surface area contributed by atoms with Crippen LogP contribution in [0.25, 0.3) is 0 Å². The number of aliphatic hydroxyl groups is 1. The van der Waals surface area contributed by atoms with Crippen LogP contribution in [0.15, 0.2) is 29.3 Å². The molecule has 2 aliphatic heterocycles. The summed E-state index contributed by atoms with van der Waals surface area (Å²) in [6.45, 7) is 2.65. The number of amides is 1. The lowest BCUT2D eigenvalue weighted by Crippen LogP contribution is -2.39. The van der Waals surface area contributed by atoms with Gasteiger partial charge in [-0.15, -0.1) is 11.3 Å². The van der Waals surface area contributed by atoms with Gasteiger partial charge in [-0.2, -0.15) is 0 Å². The number of rotatable bonds is 8. The van der Waals surface area contributed by atoms with Gasteiger partial charge < -0.3 is 24.2 Å². The van der Waals surface area contributed by atoms with Crippen molar-refractivity contribution in [2.24, 2.45) is 0 Å². The van der Waals surface area contributed by atoms with E-state index in [1.807, 2.05) is 22.4 Å². The molecule has 1 saturated heterocycles. The van der Waals surface area contributed by atoms with Crippen LogP contribution >= 0.6 is 11.3 Å². The van der Waals surface area contributed by atoms with Crippen LogP contribution in [0, 0.1) is 0 Å². The molecule has 0 aliphatic carbocycles. The molecular formula is C19H27NO5S. The van der Waals surface area contributed by atoms with E-state index in [0.717, 1.165) is 25.9 Å². The average Bonchev–Trinajstić information content (AvgIpc) is 3.23. The Morgan fingerprint density at radius 1 is 1.27 bits per heavy atom. The quantitative estimate of drug-likeness (QED) is 0.701. The van der Waals surface area contributed by atoms with E-state index in [1.165, 1.54) is 11.3 Å². The number of piperidine rings is 1. The van der Waals surface area contributed by atoms with E-state index in [4.69, 9.17) is 19.3 Å². The smallest absolute Gasteiger partial charge is 0.288 e. The van der Waals surface area contributed by atoms with Gasteiger partial charge in [-0.05, 0) is 36.8 Å². The molecule has 2 aliphatic rings. The van der Waals surface area contributed by atoms with Crippen LogP contribution in [0.1, 0.15) is 36.5 Å². The Bertz CT molecular complexity index is 583. The summed E-state index contributed by atoms with van der Waals surface area (Å²) in [5.41, 5.74) is 0. The van der Waals surface area contributed by atoms with E-state index in [0.29, 0.717) is 32.0 Å². The number of aliphatic hydroxyl groups excluding tert-OH is 1. The Hall–Kier alpha value is -1.41. The second-order valence-corrected chi connectivity index (χ2v) is 7.47. The molecule has 0 radical (unpaired) electrons. The number of nitrogens with zero attached hydrogens (tertiary/aromatic N) is 1. The molecule has 6 nitrogen and oxygen atoms in total. The Morgan fingerprint density at radius 3 is 2.85 bits per heavy atom. The minimum absolute atomic E-state index is 0.00238. The third kappa shape index (κ3) is 5.30. The van der Waals surface area contributed by atoms with Crippen molar-refractivity contribution in [2.45, 2.75) is 37.9 Å². The van der Waals surface area contributed by atoms with Crippen LogP contribution in [0.2, 0.25) is 0 Å². The Balaban J connectivity index is 1.64. The summed E-state index contributed by atoms with van der Waals surface area (Å²) < 4.78 is 16.9. The maximum Gasteiger partial charge on any atom is 0.288 e. The maximum atomic E-state index is 12.9. The van der Waals surface area contributed by atoms with Crippen molar-refractivity contribution in [1.29, 1.82) is 0 Å². The second-order valence-electron chi connectivity index (χ2n) is 6.50. The van der Waals surface area contributed by atoms with Gasteiger partial charge >= 0.3 is 0 Å². The van der Waals surface area contributed by atoms with Gasteiger partial charge in [0.15, 0.2) is 5.76 Å². The van der Waals surface area contributed by atoms with Crippen molar-refractivity contribution >= 4 is 17.2 Å². The Labute approximate surface area is 158 Å². The first-order valence-corrected chi connectivity index (χ1v) is 10.2. The lowest BCUT2D eigenvalue weighted by atomic mass is 9.99. The highest BCUT2D eigenvalue weighted by atomic mass is 32.1. The van der Waals surface area contributed by atoms with E-state index in [1.54, 1.807) is 11.3 Å². The molecule has 3 heterocycles. The van der Waals surface area contributed by atoms with E-state index >= 15 is 0 Å². The maximum absolute atomic E-state index is 12.9. The standard InChI is InChI=1S/C19H27NO5S/c21-8-9-23-10-11-24-18-14-15(17-5-4-12-26-17)13-16(25-18)19(22)20-6-2-1-3-7-20/h4-5,12-13,15,18,21H,1-3,6-11,14H2/t15-,18+/m0/s1. The third-order valence-corrected chi connectivity index (χ3v) is 5.59. The lowest BCUT2D eigenvalue weighted by molar-refractivity contribution is -0.157. The van der Waals surface area contributed by atoms with E-state index in [-0.39, 0.29) is 18.4 Å². The number of hydrogen-bond donors (Lipinski definition) is 1. The van der Waals surface area contributed by atoms with Crippen LogP contribution in [0.4, 0.5) is 0 Å². The summed E-state index contributed by atoms with van der Waals surface area (Å²) in [5.74, 6) is 0.491. The second kappa shape index (κ2) is 10.1. The molecule has 1 aromatic heterocycles. The van der Waals surface area contributed by atoms with Gasteiger partial charge in [0.2, 0.25) is 6.29 Å². The fourth-order valence-electron chi connectivity index (χ4n) is 3.27. The summed E-state index contributed by atoms with van der Waals surface area (Å²) in [4.78, 5) is 16.0. The number of hydrogen-bond acceptors (Lipinski definition) is 6. The molecule has 144 valence electrons. The van der Waals surface area contributed by atoms with Crippen LogP contribution in [0.5, 0.6) is 0 Å². The molecule has 0 unspecified atom stereocenters. The van der Waals surface area contributed by atoms with Crippen molar-refractivity contribution in [3.63, 3.8) is 0 Å². The number of ether oxygens (including phenoxy) is 3. The van der Waals surface area contributed by atoms with Gasteiger partial charge in [-0.25, -0.2) is 0 Å². The van der Waals surface area contributed by atoms with Gasteiger partial charge in [0, 0.05) is 30.3 Å². The number of likely N-dealkylation sites (tertiary alicyclic amines) is 1. The van der Waals surface area contributed by atoms with Gasteiger partial charge in [0.1, 0.15) is 0 Å². The first-order chi connectivity index (χ1) is 12.8. The van der Waals surface area contributed by atoms with Crippen LogP contribution in [0.3, 0.4) is 0 Å². The largest absolute Gasteiger partial charge is 0.459 e.